The van der Waals surface area contributed by atoms with Crippen molar-refractivity contribution in [1.82, 2.24) is 0 Å². The standard InChI is InChI=1S/C13H14ClN2O/c1-8-5-10(14)9(7-15)6-11(8)16-12(17)13(2,3)4/h5-6H,1H2,2-4H3,(H,16,17). The molecule has 17 heavy (non-hydrogen) atoms. The monoisotopic (exact) mass is 249 g/mol. The molecule has 0 atom stereocenters. The van der Waals surface area contributed by atoms with Crippen LogP contribution in [-0.4, -0.2) is 5.91 Å². The highest BCUT2D eigenvalue weighted by atomic mass is 35.5. The molecule has 1 amide bonds. The average Bonchev–Trinajstić information content (AvgIpc) is 2.20. The van der Waals surface area contributed by atoms with Crippen LogP contribution in [0.25, 0.3) is 0 Å². The highest BCUT2D eigenvalue weighted by molar-refractivity contribution is 6.32. The summed E-state index contributed by atoms with van der Waals surface area (Å²) in [5.74, 6) is -0.131. The first kappa shape index (κ1) is 13.5. The number of nitriles is 1. The average molecular weight is 250 g/mol. The smallest absolute Gasteiger partial charge is 0.229 e. The van der Waals surface area contributed by atoms with Crippen molar-refractivity contribution in [3.05, 3.63) is 35.2 Å². The molecular formula is C13H14ClN2O. The van der Waals surface area contributed by atoms with Crippen molar-refractivity contribution in [2.24, 2.45) is 5.41 Å². The first-order valence-electron chi connectivity index (χ1n) is 5.12. The zero-order chi connectivity index (χ0) is 13.2. The number of carbonyl (C=O) groups is 1. The lowest BCUT2D eigenvalue weighted by atomic mass is 9.95. The van der Waals surface area contributed by atoms with Crippen LogP contribution in [0.1, 0.15) is 31.9 Å². The summed E-state index contributed by atoms with van der Waals surface area (Å²) in [4.78, 5) is 11.8. The van der Waals surface area contributed by atoms with Gasteiger partial charge in [0.25, 0.3) is 0 Å². The maximum Gasteiger partial charge on any atom is 0.229 e. The molecule has 0 saturated heterocycles. The van der Waals surface area contributed by atoms with Gasteiger partial charge in [0.05, 0.1) is 10.6 Å². The Bertz CT molecular complexity index is 495. The van der Waals surface area contributed by atoms with Crippen molar-refractivity contribution >= 4 is 23.2 Å². The van der Waals surface area contributed by atoms with Gasteiger partial charge in [0, 0.05) is 11.1 Å². The van der Waals surface area contributed by atoms with E-state index in [4.69, 9.17) is 16.9 Å². The van der Waals surface area contributed by atoms with Crippen molar-refractivity contribution in [3.8, 4) is 6.07 Å². The highest BCUT2D eigenvalue weighted by Crippen LogP contribution is 2.26. The molecule has 1 radical (unpaired) electrons. The first-order valence-corrected chi connectivity index (χ1v) is 5.50. The summed E-state index contributed by atoms with van der Waals surface area (Å²) < 4.78 is 0. The Morgan fingerprint density at radius 2 is 2.06 bits per heavy atom. The van der Waals surface area contributed by atoms with Crippen LogP contribution >= 0.6 is 11.6 Å². The van der Waals surface area contributed by atoms with E-state index in [0.717, 1.165) is 0 Å². The van der Waals surface area contributed by atoms with Gasteiger partial charge in [0.2, 0.25) is 5.91 Å². The molecule has 1 aromatic carbocycles. The number of hydrogen-bond donors (Lipinski definition) is 1. The molecular weight excluding hydrogens is 236 g/mol. The normalized spacial score (nSPS) is 10.8. The van der Waals surface area contributed by atoms with Crippen LogP contribution in [0.2, 0.25) is 5.02 Å². The number of benzene rings is 1. The van der Waals surface area contributed by atoms with Crippen LogP contribution in [0.5, 0.6) is 0 Å². The van der Waals surface area contributed by atoms with Crippen LogP contribution in [0.15, 0.2) is 12.1 Å². The van der Waals surface area contributed by atoms with Gasteiger partial charge in [0.15, 0.2) is 0 Å². The number of rotatable bonds is 1. The molecule has 0 heterocycles. The molecule has 0 aliphatic carbocycles. The van der Waals surface area contributed by atoms with Gasteiger partial charge in [-0.3, -0.25) is 4.79 Å². The lowest BCUT2D eigenvalue weighted by Gasteiger charge is -2.19. The molecule has 1 rings (SSSR count). The molecule has 3 nitrogen and oxygen atoms in total. The SMILES string of the molecule is [CH2]c1cc(Cl)c(C#N)cc1NC(=O)C(C)(C)C. The molecule has 4 heteroatoms. The molecule has 0 unspecified atom stereocenters. The van der Waals surface area contributed by atoms with Crippen LogP contribution in [0.4, 0.5) is 5.69 Å². The van der Waals surface area contributed by atoms with Gasteiger partial charge >= 0.3 is 0 Å². The summed E-state index contributed by atoms with van der Waals surface area (Å²) in [5.41, 5.74) is 0.930. The van der Waals surface area contributed by atoms with E-state index in [9.17, 15) is 4.79 Å². The molecule has 0 aliphatic rings. The molecule has 1 aromatic rings. The van der Waals surface area contributed by atoms with Crippen LogP contribution in [0.3, 0.4) is 0 Å². The molecule has 0 bridgehead atoms. The Morgan fingerprint density at radius 1 is 1.47 bits per heavy atom. The maximum atomic E-state index is 11.8. The van der Waals surface area contributed by atoms with Crippen molar-refractivity contribution in [2.45, 2.75) is 20.8 Å². The zero-order valence-electron chi connectivity index (χ0n) is 10.1. The molecule has 0 aromatic heterocycles. The fourth-order valence-corrected chi connectivity index (χ4v) is 1.35. The van der Waals surface area contributed by atoms with Crippen LogP contribution in [-0.2, 0) is 4.79 Å². The topological polar surface area (TPSA) is 52.9 Å². The van der Waals surface area contributed by atoms with Gasteiger partial charge in [-0.25, -0.2) is 0 Å². The van der Waals surface area contributed by atoms with Gasteiger partial charge in [-0.15, -0.1) is 0 Å². The van der Waals surface area contributed by atoms with Crippen LogP contribution in [0, 0.1) is 23.7 Å². The lowest BCUT2D eigenvalue weighted by molar-refractivity contribution is -0.123. The second-order valence-electron chi connectivity index (χ2n) is 4.81. The maximum absolute atomic E-state index is 11.8. The zero-order valence-corrected chi connectivity index (χ0v) is 10.9. The van der Waals surface area contributed by atoms with Crippen molar-refractivity contribution in [3.63, 3.8) is 0 Å². The van der Waals surface area contributed by atoms with Gasteiger partial charge in [-0.1, -0.05) is 32.4 Å². The second-order valence-corrected chi connectivity index (χ2v) is 5.21. The van der Waals surface area contributed by atoms with Gasteiger partial charge < -0.3 is 5.32 Å². The molecule has 0 aliphatic heterocycles. The minimum Gasteiger partial charge on any atom is -0.325 e. The highest BCUT2D eigenvalue weighted by Gasteiger charge is 2.22. The third kappa shape index (κ3) is 3.21. The van der Waals surface area contributed by atoms with Crippen molar-refractivity contribution in [1.29, 1.82) is 5.26 Å². The minimum atomic E-state index is -0.501. The lowest BCUT2D eigenvalue weighted by Crippen LogP contribution is -2.28. The van der Waals surface area contributed by atoms with E-state index in [0.29, 0.717) is 21.8 Å². The van der Waals surface area contributed by atoms with Gasteiger partial charge in [-0.2, -0.15) is 5.26 Å². The molecule has 0 saturated carbocycles. The summed E-state index contributed by atoms with van der Waals surface area (Å²) in [5, 5.41) is 11.9. The summed E-state index contributed by atoms with van der Waals surface area (Å²) in [7, 11) is 0. The predicted molar refractivity (Wildman–Crippen MR) is 68.7 cm³/mol. The molecule has 89 valence electrons. The molecule has 0 spiro atoms. The van der Waals surface area contributed by atoms with Gasteiger partial charge in [0.1, 0.15) is 6.07 Å². The number of amides is 1. The number of anilines is 1. The molecule has 0 fully saturated rings. The van der Waals surface area contributed by atoms with Crippen molar-refractivity contribution < 1.29 is 4.79 Å². The molecule has 1 N–H and O–H groups in total. The predicted octanol–water partition coefficient (Wildman–Crippen LogP) is 3.38. The van der Waals surface area contributed by atoms with E-state index in [1.807, 2.05) is 26.8 Å². The third-order valence-corrected chi connectivity index (χ3v) is 2.56. The Balaban J connectivity index is 3.09. The largest absolute Gasteiger partial charge is 0.325 e. The summed E-state index contributed by atoms with van der Waals surface area (Å²) in [6.07, 6.45) is 0. The Hall–Kier alpha value is -1.53. The number of nitrogens with one attached hydrogen (secondary N) is 1. The second kappa shape index (κ2) is 4.77. The van der Waals surface area contributed by atoms with E-state index in [-0.39, 0.29) is 5.91 Å². The van der Waals surface area contributed by atoms with E-state index < -0.39 is 5.41 Å². The fraction of sp³-hybridized carbons (Fsp3) is 0.308. The van der Waals surface area contributed by atoms with E-state index in [2.05, 4.69) is 12.2 Å². The summed E-state index contributed by atoms with van der Waals surface area (Å²) in [6, 6.07) is 5.07. The summed E-state index contributed by atoms with van der Waals surface area (Å²) >= 11 is 5.85. The number of nitrogens with zero attached hydrogens (tertiary/aromatic N) is 1. The quantitative estimate of drug-likeness (QED) is 0.830. The van der Waals surface area contributed by atoms with Gasteiger partial charge in [-0.05, 0) is 24.6 Å². The number of hydrogen-bond acceptors (Lipinski definition) is 2. The Morgan fingerprint density at radius 3 is 2.53 bits per heavy atom. The fourth-order valence-electron chi connectivity index (χ4n) is 1.13. The summed E-state index contributed by atoms with van der Waals surface area (Å²) in [6.45, 7) is 9.22. The van der Waals surface area contributed by atoms with E-state index >= 15 is 0 Å². The van der Waals surface area contributed by atoms with E-state index in [1.165, 1.54) is 6.07 Å². The first-order chi connectivity index (χ1) is 7.75. The van der Waals surface area contributed by atoms with Crippen LogP contribution < -0.4 is 5.32 Å². The van der Waals surface area contributed by atoms with E-state index in [1.54, 1.807) is 6.07 Å². The number of carbonyl (C=O) groups excluding carboxylic acids is 1. The Kier molecular flexibility index (Phi) is 3.79. The number of halogens is 1. The Labute approximate surface area is 106 Å². The minimum absolute atomic E-state index is 0.131. The van der Waals surface area contributed by atoms with Crippen molar-refractivity contribution in [2.75, 3.05) is 5.32 Å². The third-order valence-electron chi connectivity index (χ3n) is 2.24.